The van der Waals surface area contributed by atoms with Crippen molar-refractivity contribution in [1.82, 2.24) is 15.1 Å². The number of hydrogen-bond donors (Lipinski definition) is 0. The van der Waals surface area contributed by atoms with Crippen LogP contribution >= 0.6 is 11.3 Å². The molecule has 2 aromatic heterocycles. The summed E-state index contributed by atoms with van der Waals surface area (Å²) < 4.78 is 10.6. The Morgan fingerprint density at radius 2 is 2.28 bits per heavy atom. The van der Waals surface area contributed by atoms with Gasteiger partial charge >= 0.3 is 0 Å². The highest BCUT2D eigenvalue weighted by Gasteiger charge is 2.24. The number of nitrogens with zero attached hydrogens (tertiary/aromatic N) is 3. The van der Waals surface area contributed by atoms with Crippen molar-refractivity contribution in [2.75, 3.05) is 13.2 Å². The van der Waals surface area contributed by atoms with Crippen LogP contribution in [0.15, 0.2) is 9.90 Å². The Hall–Kier alpha value is -1.27. The van der Waals surface area contributed by atoms with Crippen LogP contribution in [0, 0.1) is 0 Å². The molecule has 0 N–H and O–H groups in total. The van der Waals surface area contributed by atoms with E-state index in [4.69, 9.17) is 9.26 Å². The Bertz CT molecular complexity index is 529. The Morgan fingerprint density at radius 1 is 1.39 bits per heavy atom. The van der Waals surface area contributed by atoms with E-state index in [0.717, 1.165) is 29.6 Å². The van der Waals surface area contributed by atoms with E-state index >= 15 is 0 Å². The van der Waals surface area contributed by atoms with Gasteiger partial charge < -0.3 is 9.26 Å². The van der Waals surface area contributed by atoms with Crippen molar-refractivity contribution in [1.29, 1.82) is 0 Å². The van der Waals surface area contributed by atoms with Crippen LogP contribution in [0.1, 0.15) is 43.6 Å². The molecule has 1 atom stereocenters. The first-order valence-corrected chi connectivity index (χ1v) is 6.99. The van der Waals surface area contributed by atoms with Gasteiger partial charge in [-0.1, -0.05) is 19.0 Å². The van der Waals surface area contributed by atoms with Crippen LogP contribution in [0.5, 0.6) is 0 Å². The van der Waals surface area contributed by atoms with Crippen LogP contribution in [-0.2, 0) is 4.74 Å². The van der Waals surface area contributed by atoms with Crippen LogP contribution in [0.3, 0.4) is 0 Å². The summed E-state index contributed by atoms with van der Waals surface area (Å²) in [5.41, 5.74) is 1.07. The molecule has 18 heavy (non-hydrogen) atoms. The molecule has 1 aliphatic heterocycles. The summed E-state index contributed by atoms with van der Waals surface area (Å²) in [5.74, 6) is 1.95. The summed E-state index contributed by atoms with van der Waals surface area (Å²) in [5, 5.41) is 6.88. The number of aromatic nitrogens is 3. The Balaban J connectivity index is 1.83. The molecule has 0 amide bonds. The van der Waals surface area contributed by atoms with Crippen LogP contribution in [0.2, 0.25) is 0 Å². The van der Waals surface area contributed by atoms with Gasteiger partial charge in [0.2, 0.25) is 0 Å². The van der Waals surface area contributed by atoms with E-state index in [1.54, 1.807) is 11.3 Å². The van der Waals surface area contributed by atoms with Gasteiger partial charge in [-0.05, 0) is 12.3 Å². The average molecular weight is 265 g/mol. The predicted molar refractivity (Wildman–Crippen MR) is 67.7 cm³/mol. The third-order valence-corrected chi connectivity index (χ3v) is 3.88. The van der Waals surface area contributed by atoms with Crippen molar-refractivity contribution in [3.63, 3.8) is 0 Å². The van der Waals surface area contributed by atoms with Gasteiger partial charge in [0.05, 0.1) is 12.3 Å². The van der Waals surface area contributed by atoms with Crippen LogP contribution in [0.25, 0.3) is 10.9 Å². The standard InChI is InChI=1S/C12H15N3O2S/c1-7(2)9-6-18-12(13-9)11-14-10(15-17-11)8-3-4-16-5-8/h6-8H,3-5H2,1-2H3/t8-/m0/s1. The van der Waals surface area contributed by atoms with Crippen molar-refractivity contribution >= 4 is 11.3 Å². The smallest absolute Gasteiger partial charge is 0.286 e. The Kier molecular flexibility index (Phi) is 3.13. The molecular weight excluding hydrogens is 250 g/mol. The molecule has 0 bridgehead atoms. The first-order valence-electron chi connectivity index (χ1n) is 6.11. The molecule has 3 heterocycles. The minimum Gasteiger partial charge on any atom is -0.381 e. The number of ether oxygens (including phenoxy) is 1. The van der Waals surface area contributed by atoms with Gasteiger partial charge in [-0.15, -0.1) is 11.3 Å². The third kappa shape index (κ3) is 2.18. The molecule has 0 aliphatic carbocycles. The lowest BCUT2D eigenvalue weighted by molar-refractivity contribution is 0.192. The lowest BCUT2D eigenvalue weighted by atomic mass is 10.1. The second-order valence-corrected chi connectivity index (χ2v) is 5.61. The molecule has 0 spiro atoms. The van der Waals surface area contributed by atoms with Gasteiger partial charge in [0.1, 0.15) is 0 Å². The van der Waals surface area contributed by atoms with Gasteiger partial charge in [-0.3, -0.25) is 0 Å². The fourth-order valence-electron chi connectivity index (χ4n) is 1.88. The molecule has 0 aromatic carbocycles. The van der Waals surface area contributed by atoms with Gasteiger partial charge in [-0.25, -0.2) is 4.98 Å². The average Bonchev–Trinajstić information content (AvgIpc) is 3.10. The lowest BCUT2D eigenvalue weighted by Gasteiger charge is -1.97. The number of hydrogen-bond acceptors (Lipinski definition) is 6. The van der Waals surface area contributed by atoms with E-state index in [9.17, 15) is 0 Å². The predicted octanol–water partition coefficient (Wildman–Crippen LogP) is 2.82. The summed E-state index contributed by atoms with van der Waals surface area (Å²) in [4.78, 5) is 8.94. The molecule has 1 aliphatic rings. The monoisotopic (exact) mass is 265 g/mol. The lowest BCUT2D eigenvalue weighted by Crippen LogP contribution is -1.99. The SMILES string of the molecule is CC(C)c1csc(-c2nc([C@H]3CCOC3)no2)n1. The van der Waals surface area contributed by atoms with E-state index in [-0.39, 0.29) is 5.92 Å². The van der Waals surface area contributed by atoms with E-state index in [2.05, 4.69) is 29.0 Å². The topological polar surface area (TPSA) is 61.0 Å². The quantitative estimate of drug-likeness (QED) is 0.854. The van der Waals surface area contributed by atoms with Crippen molar-refractivity contribution in [2.45, 2.75) is 32.1 Å². The van der Waals surface area contributed by atoms with E-state index in [0.29, 0.717) is 18.4 Å². The highest BCUT2D eigenvalue weighted by Crippen LogP contribution is 2.28. The first kappa shape index (κ1) is 11.8. The molecule has 0 unspecified atom stereocenters. The summed E-state index contributed by atoms with van der Waals surface area (Å²) in [7, 11) is 0. The van der Waals surface area contributed by atoms with Crippen molar-refractivity contribution in [2.24, 2.45) is 0 Å². The van der Waals surface area contributed by atoms with E-state index < -0.39 is 0 Å². The van der Waals surface area contributed by atoms with E-state index in [1.165, 1.54) is 0 Å². The summed E-state index contributed by atoms with van der Waals surface area (Å²) >= 11 is 1.55. The second kappa shape index (κ2) is 4.78. The first-order chi connectivity index (χ1) is 8.74. The van der Waals surface area contributed by atoms with E-state index in [1.807, 2.05) is 5.38 Å². The maximum Gasteiger partial charge on any atom is 0.286 e. The molecular formula is C12H15N3O2S. The molecule has 6 heteroatoms. The maximum absolute atomic E-state index is 5.33. The number of thiazole rings is 1. The zero-order chi connectivity index (χ0) is 12.5. The van der Waals surface area contributed by atoms with Gasteiger partial charge in [0.15, 0.2) is 10.8 Å². The van der Waals surface area contributed by atoms with Gasteiger partial charge in [0, 0.05) is 17.9 Å². The molecule has 96 valence electrons. The maximum atomic E-state index is 5.33. The normalized spacial score (nSPS) is 19.8. The highest BCUT2D eigenvalue weighted by molar-refractivity contribution is 7.13. The van der Waals surface area contributed by atoms with Gasteiger partial charge in [-0.2, -0.15) is 4.98 Å². The fourth-order valence-corrected chi connectivity index (χ4v) is 2.77. The molecule has 0 radical (unpaired) electrons. The minimum absolute atomic E-state index is 0.270. The van der Waals surface area contributed by atoms with Crippen LogP contribution in [0.4, 0.5) is 0 Å². The van der Waals surface area contributed by atoms with Crippen molar-refractivity contribution in [3.8, 4) is 10.9 Å². The van der Waals surface area contributed by atoms with Crippen LogP contribution < -0.4 is 0 Å². The summed E-state index contributed by atoms with van der Waals surface area (Å²) in [6.45, 7) is 5.71. The Morgan fingerprint density at radius 3 is 2.94 bits per heavy atom. The molecule has 1 fully saturated rings. The summed E-state index contributed by atoms with van der Waals surface area (Å²) in [6, 6.07) is 0. The van der Waals surface area contributed by atoms with Crippen molar-refractivity contribution in [3.05, 3.63) is 16.9 Å². The summed E-state index contributed by atoms with van der Waals surface area (Å²) in [6.07, 6.45) is 0.966. The molecule has 5 nitrogen and oxygen atoms in total. The highest BCUT2D eigenvalue weighted by atomic mass is 32.1. The fraction of sp³-hybridized carbons (Fsp3) is 0.583. The van der Waals surface area contributed by atoms with Gasteiger partial charge in [0.25, 0.3) is 5.89 Å². The zero-order valence-electron chi connectivity index (χ0n) is 10.4. The zero-order valence-corrected chi connectivity index (χ0v) is 11.2. The molecule has 2 aromatic rings. The molecule has 3 rings (SSSR count). The van der Waals surface area contributed by atoms with Crippen LogP contribution in [-0.4, -0.2) is 28.3 Å². The number of rotatable bonds is 3. The molecule has 0 saturated carbocycles. The third-order valence-electron chi connectivity index (χ3n) is 3.03. The Labute approximate surface area is 109 Å². The van der Waals surface area contributed by atoms with Crippen molar-refractivity contribution < 1.29 is 9.26 Å². The largest absolute Gasteiger partial charge is 0.381 e. The minimum atomic E-state index is 0.270. The second-order valence-electron chi connectivity index (χ2n) is 4.75. The molecule has 1 saturated heterocycles.